The van der Waals surface area contributed by atoms with Gasteiger partial charge in [0.05, 0.1) is 12.7 Å². The fraction of sp³-hybridized carbons (Fsp3) is 0.200. The van der Waals surface area contributed by atoms with Crippen molar-refractivity contribution in [3.05, 3.63) is 77.4 Å². The van der Waals surface area contributed by atoms with Crippen molar-refractivity contribution < 1.29 is 19.1 Å². The summed E-state index contributed by atoms with van der Waals surface area (Å²) in [4.78, 5) is 22.9. The number of hydrogen-bond acceptors (Lipinski definition) is 4. The number of esters is 1. The van der Waals surface area contributed by atoms with Crippen LogP contribution in [0.2, 0.25) is 0 Å². The summed E-state index contributed by atoms with van der Waals surface area (Å²) in [5, 5.41) is 2.70. The summed E-state index contributed by atoms with van der Waals surface area (Å²) >= 11 is 0. The maximum Gasteiger partial charge on any atom is 0.407 e. The molecule has 2 rings (SSSR count). The maximum atomic E-state index is 11.6. The summed E-state index contributed by atoms with van der Waals surface area (Å²) in [6.45, 7) is 0.749. The summed E-state index contributed by atoms with van der Waals surface area (Å²) in [5.41, 5.74) is 2.44. The third kappa shape index (κ3) is 6.51. The van der Waals surface area contributed by atoms with Crippen molar-refractivity contribution >= 4 is 18.1 Å². The first-order valence-electron chi connectivity index (χ1n) is 7.98. The zero-order valence-electron chi connectivity index (χ0n) is 14.1. The molecule has 0 heterocycles. The Bertz CT molecular complexity index is 708. The van der Waals surface area contributed by atoms with Crippen LogP contribution in [0, 0.1) is 0 Å². The number of amides is 1. The Balaban J connectivity index is 1.65. The second-order valence-corrected chi connectivity index (χ2v) is 5.29. The van der Waals surface area contributed by atoms with Crippen LogP contribution < -0.4 is 5.32 Å². The second-order valence-electron chi connectivity index (χ2n) is 5.29. The lowest BCUT2D eigenvalue weighted by Gasteiger charge is -2.05. The molecule has 0 aliphatic carbocycles. The van der Waals surface area contributed by atoms with E-state index in [9.17, 15) is 9.59 Å². The first kappa shape index (κ1) is 18.3. The van der Waals surface area contributed by atoms with Gasteiger partial charge in [-0.2, -0.15) is 0 Å². The smallest absolute Gasteiger partial charge is 0.407 e. The van der Waals surface area contributed by atoms with Gasteiger partial charge in [-0.1, -0.05) is 54.6 Å². The van der Waals surface area contributed by atoms with Crippen molar-refractivity contribution in [1.82, 2.24) is 5.32 Å². The summed E-state index contributed by atoms with van der Waals surface area (Å²) in [6.07, 6.45) is 4.13. The van der Waals surface area contributed by atoms with Gasteiger partial charge >= 0.3 is 12.1 Å². The number of carbonyl (C=O) groups is 2. The normalized spacial score (nSPS) is 10.4. The van der Waals surface area contributed by atoms with Gasteiger partial charge in [-0.15, -0.1) is 0 Å². The molecule has 0 fully saturated rings. The zero-order valence-corrected chi connectivity index (χ0v) is 14.1. The molecule has 25 heavy (non-hydrogen) atoms. The van der Waals surface area contributed by atoms with Gasteiger partial charge in [0, 0.05) is 6.54 Å². The monoisotopic (exact) mass is 339 g/mol. The van der Waals surface area contributed by atoms with Gasteiger partial charge < -0.3 is 14.8 Å². The van der Waals surface area contributed by atoms with Crippen LogP contribution in [0.1, 0.15) is 27.9 Å². The van der Waals surface area contributed by atoms with Crippen LogP contribution in [0.5, 0.6) is 0 Å². The lowest BCUT2D eigenvalue weighted by Crippen LogP contribution is -2.24. The van der Waals surface area contributed by atoms with Crippen LogP contribution >= 0.6 is 0 Å². The topological polar surface area (TPSA) is 64.6 Å². The van der Waals surface area contributed by atoms with E-state index in [-0.39, 0.29) is 12.6 Å². The molecule has 5 nitrogen and oxygen atoms in total. The highest BCUT2D eigenvalue weighted by atomic mass is 16.5. The summed E-state index contributed by atoms with van der Waals surface area (Å²) in [6, 6.07) is 16.6. The van der Waals surface area contributed by atoms with E-state index in [1.54, 1.807) is 12.1 Å². The fourth-order valence-corrected chi connectivity index (χ4v) is 2.10. The average molecular weight is 339 g/mol. The Labute approximate surface area is 147 Å². The van der Waals surface area contributed by atoms with Crippen molar-refractivity contribution in [2.75, 3.05) is 13.7 Å². The minimum Gasteiger partial charge on any atom is -0.465 e. The Kier molecular flexibility index (Phi) is 7.25. The largest absolute Gasteiger partial charge is 0.465 e. The molecule has 0 spiro atoms. The van der Waals surface area contributed by atoms with Gasteiger partial charge in [-0.25, -0.2) is 9.59 Å². The lowest BCUT2D eigenvalue weighted by molar-refractivity contribution is 0.0600. The first-order chi connectivity index (χ1) is 12.2. The highest BCUT2D eigenvalue weighted by Crippen LogP contribution is 2.07. The van der Waals surface area contributed by atoms with Gasteiger partial charge in [-0.05, 0) is 29.7 Å². The number of carbonyl (C=O) groups excluding carboxylic acids is 2. The van der Waals surface area contributed by atoms with Gasteiger partial charge in [0.15, 0.2) is 0 Å². The molecule has 1 amide bonds. The lowest BCUT2D eigenvalue weighted by atomic mass is 10.1. The predicted molar refractivity (Wildman–Crippen MR) is 96.1 cm³/mol. The number of hydrogen-bond donors (Lipinski definition) is 1. The molecule has 0 aromatic heterocycles. The summed E-state index contributed by atoms with van der Waals surface area (Å²) in [5.74, 6) is -0.353. The Morgan fingerprint density at radius 2 is 1.76 bits per heavy atom. The number of methoxy groups -OCH3 is 1. The first-order valence-corrected chi connectivity index (χ1v) is 7.98. The van der Waals surface area contributed by atoms with Crippen molar-refractivity contribution in [2.45, 2.75) is 13.0 Å². The molecule has 1 N–H and O–H groups in total. The van der Waals surface area contributed by atoms with Gasteiger partial charge in [-0.3, -0.25) is 0 Å². The molecule has 130 valence electrons. The van der Waals surface area contributed by atoms with Crippen molar-refractivity contribution in [3.63, 3.8) is 0 Å². The minimum atomic E-state index is -0.431. The molecule has 0 aliphatic rings. The summed E-state index contributed by atoms with van der Waals surface area (Å²) < 4.78 is 9.77. The van der Waals surface area contributed by atoms with E-state index < -0.39 is 6.09 Å². The number of alkyl carbamates (subject to hydrolysis) is 1. The Morgan fingerprint density at radius 1 is 1.04 bits per heavy atom. The molecule has 5 heteroatoms. The van der Waals surface area contributed by atoms with E-state index in [0.717, 1.165) is 11.1 Å². The van der Waals surface area contributed by atoms with Crippen LogP contribution in [-0.2, 0) is 16.1 Å². The molecule has 0 aliphatic heterocycles. The summed E-state index contributed by atoms with van der Waals surface area (Å²) in [7, 11) is 1.36. The van der Waals surface area contributed by atoms with Crippen LogP contribution in [0.25, 0.3) is 6.08 Å². The van der Waals surface area contributed by atoms with Crippen molar-refractivity contribution in [1.29, 1.82) is 0 Å². The van der Waals surface area contributed by atoms with Gasteiger partial charge in [0.25, 0.3) is 0 Å². The molecule has 2 aromatic rings. The molecular weight excluding hydrogens is 318 g/mol. The third-order valence-corrected chi connectivity index (χ3v) is 3.44. The van der Waals surface area contributed by atoms with E-state index in [1.165, 1.54) is 7.11 Å². The fourth-order valence-electron chi connectivity index (χ4n) is 2.10. The van der Waals surface area contributed by atoms with E-state index in [0.29, 0.717) is 18.5 Å². The molecule has 2 aromatic carbocycles. The number of rotatable bonds is 7. The molecule has 0 radical (unpaired) electrons. The predicted octanol–water partition coefficient (Wildman–Crippen LogP) is 3.80. The second kappa shape index (κ2) is 9.93. The molecular formula is C20H21NO4. The number of ether oxygens (including phenoxy) is 2. The quantitative estimate of drug-likeness (QED) is 0.615. The highest BCUT2D eigenvalue weighted by Gasteiger charge is 2.03. The number of nitrogens with one attached hydrogen (secondary N) is 1. The van der Waals surface area contributed by atoms with Gasteiger partial charge in [0.2, 0.25) is 0 Å². The van der Waals surface area contributed by atoms with Crippen molar-refractivity contribution in [3.8, 4) is 0 Å². The van der Waals surface area contributed by atoms with E-state index in [2.05, 4.69) is 10.1 Å². The van der Waals surface area contributed by atoms with E-state index >= 15 is 0 Å². The van der Waals surface area contributed by atoms with Crippen molar-refractivity contribution in [2.24, 2.45) is 0 Å². The molecule has 0 unspecified atom stereocenters. The molecule has 0 saturated carbocycles. The minimum absolute atomic E-state index is 0.259. The molecule has 0 bridgehead atoms. The van der Waals surface area contributed by atoms with E-state index in [1.807, 2.05) is 54.6 Å². The average Bonchev–Trinajstić information content (AvgIpc) is 2.67. The van der Waals surface area contributed by atoms with Crippen LogP contribution in [0.4, 0.5) is 4.79 Å². The maximum absolute atomic E-state index is 11.6. The van der Waals surface area contributed by atoms with Crippen LogP contribution in [-0.4, -0.2) is 25.7 Å². The zero-order chi connectivity index (χ0) is 17.9. The molecule has 0 atom stereocenters. The standard InChI is InChI=1S/C20H21NO4/c1-24-19(22)18-12-10-16(11-13-18)7-5-6-14-21-20(23)25-15-17-8-3-2-4-9-17/h2-5,7-13H,6,14-15H2,1H3,(H,21,23). The third-order valence-electron chi connectivity index (χ3n) is 3.44. The van der Waals surface area contributed by atoms with Crippen LogP contribution in [0.3, 0.4) is 0 Å². The SMILES string of the molecule is COC(=O)c1ccc(C=CCCNC(=O)OCc2ccccc2)cc1. The Morgan fingerprint density at radius 3 is 2.44 bits per heavy atom. The highest BCUT2D eigenvalue weighted by molar-refractivity contribution is 5.89. The van der Waals surface area contributed by atoms with Gasteiger partial charge in [0.1, 0.15) is 6.61 Å². The van der Waals surface area contributed by atoms with E-state index in [4.69, 9.17) is 4.74 Å². The Hall–Kier alpha value is -3.08. The molecule has 0 saturated heterocycles. The number of benzene rings is 2. The van der Waals surface area contributed by atoms with Crippen LogP contribution in [0.15, 0.2) is 60.7 Å².